The van der Waals surface area contributed by atoms with Gasteiger partial charge in [0, 0.05) is 21.1 Å². The van der Waals surface area contributed by atoms with Crippen LogP contribution >= 0.6 is 54.8 Å². The molecule has 0 saturated carbocycles. The van der Waals surface area contributed by atoms with E-state index in [0.29, 0.717) is 21.1 Å². The smallest absolute Gasteiger partial charge is 0.265 e. The molecule has 0 atom stereocenters. The number of nitrogens with zero attached hydrogens (tertiary/aromatic N) is 1. The Kier molecular flexibility index (Phi) is 4.31. The van der Waals surface area contributed by atoms with E-state index in [1.165, 1.54) is 11.3 Å². The third kappa shape index (κ3) is 3.13. The van der Waals surface area contributed by atoms with E-state index in [9.17, 15) is 4.79 Å². The third-order valence-corrected chi connectivity index (χ3v) is 6.26. The second-order valence-corrected chi connectivity index (χ2v) is 7.88. The van der Waals surface area contributed by atoms with Gasteiger partial charge in [0.05, 0.1) is 19.9 Å². The summed E-state index contributed by atoms with van der Waals surface area (Å²) in [7, 11) is 0. The molecule has 0 aliphatic carbocycles. The fraction of sp³-hybridized carbons (Fsp3) is 0. The minimum absolute atomic E-state index is 0.194. The molecular formula is C14H7Br2ClN2OS. The van der Waals surface area contributed by atoms with E-state index >= 15 is 0 Å². The van der Waals surface area contributed by atoms with Crippen molar-refractivity contribution >= 4 is 77.3 Å². The number of thiophene rings is 1. The summed E-state index contributed by atoms with van der Waals surface area (Å²) in [6, 6.07) is 9.02. The molecule has 1 amide bonds. The maximum atomic E-state index is 12.3. The Morgan fingerprint density at radius 1 is 1.29 bits per heavy atom. The predicted molar refractivity (Wildman–Crippen MR) is 94.4 cm³/mol. The quantitative estimate of drug-likeness (QED) is 0.547. The number of amides is 1. The number of aromatic nitrogens is 1. The van der Waals surface area contributed by atoms with Crippen LogP contribution in [0.4, 0.5) is 5.69 Å². The van der Waals surface area contributed by atoms with Gasteiger partial charge in [-0.15, -0.1) is 11.3 Å². The first-order valence-corrected chi connectivity index (χ1v) is 8.63. The first-order chi connectivity index (χ1) is 10.0. The molecule has 3 aromatic rings. The lowest BCUT2D eigenvalue weighted by molar-refractivity contribution is 0.103. The molecule has 0 saturated heterocycles. The largest absolute Gasteiger partial charge is 0.319 e. The van der Waals surface area contributed by atoms with Crippen LogP contribution in [0.1, 0.15) is 9.67 Å². The summed E-state index contributed by atoms with van der Waals surface area (Å²) >= 11 is 14.2. The molecule has 1 aromatic carbocycles. The number of anilines is 1. The second-order valence-electron chi connectivity index (χ2n) is 4.21. The highest BCUT2D eigenvalue weighted by Crippen LogP contribution is 2.33. The maximum Gasteiger partial charge on any atom is 0.265 e. The second kappa shape index (κ2) is 6.04. The summed E-state index contributed by atoms with van der Waals surface area (Å²) in [5.74, 6) is -0.194. The Labute approximate surface area is 146 Å². The lowest BCUT2D eigenvalue weighted by Crippen LogP contribution is -2.10. The van der Waals surface area contributed by atoms with Crippen molar-refractivity contribution in [3.63, 3.8) is 0 Å². The number of hydrogen-bond acceptors (Lipinski definition) is 3. The summed E-state index contributed by atoms with van der Waals surface area (Å²) in [5, 5.41) is 4.30. The van der Waals surface area contributed by atoms with Gasteiger partial charge in [-0.05, 0) is 56.1 Å². The molecule has 0 radical (unpaired) electrons. The molecule has 0 aliphatic rings. The van der Waals surface area contributed by atoms with Crippen LogP contribution in [0.25, 0.3) is 10.9 Å². The van der Waals surface area contributed by atoms with Gasteiger partial charge in [-0.25, -0.2) is 0 Å². The van der Waals surface area contributed by atoms with Crippen molar-refractivity contribution in [3.05, 3.63) is 54.7 Å². The average molecular weight is 447 g/mol. The molecule has 0 fully saturated rings. The molecule has 2 heterocycles. The molecule has 3 nitrogen and oxygen atoms in total. The van der Waals surface area contributed by atoms with Crippen molar-refractivity contribution in [3.8, 4) is 0 Å². The van der Waals surface area contributed by atoms with Gasteiger partial charge in [-0.2, -0.15) is 0 Å². The molecule has 106 valence electrons. The van der Waals surface area contributed by atoms with Gasteiger partial charge in [0.15, 0.2) is 0 Å². The van der Waals surface area contributed by atoms with Crippen LogP contribution in [0.5, 0.6) is 0 Å². The Morgan fingerprint density at radius 2 is 2.10 bits per heavy atom. The van der Waals surface area contributed by atoms with Crippen molar-refractivity contribution in [2.75, 3.05) is 5.32 Å². The van der Waals surface area contributed by atoms with Gasteiger partial charge < -0.3 is 5.32 Å². The van der Waals surface area contributed by atoms with E-state index in [0.717, 1.165) is 13.6 Å². The number of halogens is 3. The van der Waals surface area contributed by atoms with E-state index in [2.05, 4.69) is 42.2 Å². The first kappa shape index (κ1) is 15.0. The van der Waals surface area contributed by atoms with E-state index in [-0.39, 0.29) is 5.91 Å². The number of pyridine rings is 1. The highest BCUT2D eigenvalue weighted by atomic mass is 79.9. The van der Waals surface area contributed by atoms with E-state index < -0.39 is 0 Å². The fourth-order valence-corrected chi connectivity index (χ4v) is 4.05. The lowest BCUT2D eigenvalue weighted by atomic mass is 10.2. The summed E-state index contributed by atoms with van der Waals surface area (Å²) in [4.78, 5) is 17.2. The molecule has 21 heavy (non-hydrogen) atoms. The number of carbonyl (C=O) groups excluding carboxylic acids is 1. The van der Waals surface area contributed by atoms with Gasteiger partial charge in [0.25, 0.3) is 5.91 Å². The first-order valence-electron chi connectivity index (χ1n) is 5.85. The van der Waals surface area contributed by atoms with Crippen molar-refractivity contribution < 1.29 is 4.79 Å². The van der Waals surface area contributed by atoms with Crippen LogP contribution in [0.15, 0.2) is 44.8 Å². The number of benzene rings is 1. The van der Waals surface area contributed by atoms with Crippen molar-refractivity contribution in [1.29, 1.82) is 0 Å². The Bertz CT molecular complexity index is 831. The zero-order valence-corrected chi connectivity index (χ0v) is 15.1. The Hall–Kier alpha value is -0.950. The van der Waals surface area contributed by atoms with E-state index in [1.807, 2.05) is 18.2 Å². The van der Waals surface area contributed by atoms with Gasteiger partial charge in [-0.3, -0.25) is 9.78 Å². The molecule has 1 N–H and O–H groups in total. The summed E-state index contributed by atoms with van der Waals surface area (Å²) < 4.78 is 1.73. The summed E-state index contributed by atoms with van der Waals surface area (Å²) in [6.07, 6.45) is 1.68. The van der Waals surface area contributed by atoms with Crippen LogP contribution in [-0.4, -0.2) is 10.9 Å². The predicted octanol–water partition coefficient (Wildman–Crippen LogP) is 5.73. The van der Waals surface area contributed by atoms with Crippen molar-refractivity contribution in [2.24, 2.45) is 0 Å². The highest BCUT2D eigenvalue weighted by Gasteiger charge is 2.14. The fourth-order valence-electron chi connectivity index (χ4n) is 1.89. The number of hydrogen-bond donors (Lipinski definition) is 1. The van der Waals surface area contributed by atoms with Gasteiger partial charge >= 0.3 is 0 Å². The lowest BCUT2D eigenvalue weighted by Gasteiger charge is -2.08. The number of nitrogens with one attached hydrogen (secondary N) is 1. The number of fused-ring (bicyclic) bond motifs is 1. The monoisotopic (exact) mass is 444 g/mol. The van der Waals surface area contributed by atoms with E-state index in [1.54, 1.807) is 18.3 Å². The molecule has 0 bridgehead atoms. The van der Waals surface area contributed by atoms with Gasteiger partial charge in [0.1, 0.15) is 0 Å². The molecular weight excluding hydrogens is 439 g/mol. The molecule has 0 spiro atoms. The summed E-state index contributed by atoms with van der Waals surface area (Å²) in [6.45, 7) is 0. The van der Waals surface area contributed by atoms with Crippen LogP contribution in [0, 0.1) is 0 Å². The molecule has 0 aliphatic heterocycles. The van der Waals surface area contributed by atoms with Gasteiger partial charge in [-0.1, -0.05) is 17.7 Å². The number of rotatable bonds is 2. The van der Waals surface area contributed by atoms with Crippen molar-refractivity contribution in [2.45, 2.75) is 0 Å². The third-order valence-electron chi connectivity index (χ3n) is 2.79. The van der Waals surface area contributed by atoms with Crippen LogP contribution < -0.4 is 5.32 Å². The van der Waals surface area contributed by atoms with Crippen LogP contribution in [-0.2, 0) is 0 Å². The standard InChI is InChI=1S/C14H7Br2ClN2OS/c15-9-6-11(21-13(9)16)14(20)19-10-5-8(17)4-7-2-1-3-18-12(7)10/h1-6H,(H,19,20). The minimum Gasteiger partial charge on any atom is -0.319 e. The summed E-state index contributed by atoms with van der Waals surface area (Å²) in [5.41, 5.74) is 1.31. The van der Waals surface area contributed by atoms with Crippen LogP contribution in [0.3, 0.4) is 0 Å². The average Bonchev–Trinajstić information content (AvgIpc) is 2.78. The highest BCUT2D eigenvalue weighted by molar-refractivity contribution is 9.13. The zero-order valence-electron chi connectivity index (χ0n) is 10.4. The van der Waals surface area contributed by atoms with Gasteiger partial charge in [0.2, 0.25) is 0 Å². The number of carbonyl (C=O) groups is 1. The normalized spacial score (nSPS) is 10.8. The molecule has 7 heteroatoms. The van der Waals surface area contributed by atoms with E-state index in [4.69, 9.17) is 11.6 Å². The minimum atomic E-state index is -0.194. The Morgan fingerprint density at radius 3 is 2.81 bits per heavy atom. The zero-order chi connectivity index (χ0) is 15.0. The molecule has 2 aromatic heterocycles. The topological polar surface area (TPSA) is 42.0 Å². The molecule has 3 rings (SSSR count). The molecule has 0 unspecified atom stereocenters. The van der Waals surface area contributed by atoms with Crippen molar-refractivity contribution in [1.82, 2.24) is 4.98 Å². The Balaban J connectivity index is 1.99. The van der Waals surface area contributed by atoms with Crippen LogP contribution in [0.2, 0.25) is 5.02 Å². The maximum absolute atomic E-state index is 12.3. The SMILES string of the molecule is O=C(Nc1cc(Cl)cc2cccnc12)c1cc(Br)c(Br)s1.